The molecule has 0 amide bonds. The number of nitrogens with zero attached hydrogens (tertiary/aromatic N) is 5. The Hall–Kier alpha value is -3.85. The van der Waals surface area contributed by atoms with E-state index in [4.69, 9.17) is 11.6 Å². The molecule has 4 aromatic rings. The largest absolute Gasteiger partial charge is 0.361 e. The number of aromatic amines is 1. The van der Waals surface area contributed by atoms with Gasteiger partial charge >= 0.3 is 0 Å². The zero-order chi connectivity index (χ0) is 22.0. The van der Waals surface area contributed by atoms with Crippen LogP contribution >= 0.6 is 11.6 Å². The van der Waals surface area contributed by atoms with Gasteiger partial charge in [0.25, 0.3) is 5.56 Å². The number of hydrogen-bond acceptors (Lipinski definition) is 5. The van der Waals surface area contributed by atoms with E-state index in [1.807, 2.05) is 0 Å². The molecule has 0 saturated carbocycles. The molecule has 8 nitrogen and oxygen atoms in total. The number of aromatic nitrogens is 4. The lowest BCUT2D eigenvalue weighted by Gasteiger charge is -2.16. The van der Waals surface area contributed by atoms with Crippen molar-refractivity contribution in [1.82, 2.24) is 24.8 Å². The Morgan fingerprint density at radius 2 is 2.10 bits per heavy atom. The van der Waals surface area contributed by atoms with Crippen LogP contribution in [-0.2, 0) is 6.54 Å². The number of para-hydroxylation sites is 1. The van der Waals surface area contributed by atoms with Gasteiger partial charge in [0.1, 0.15) is 22.7 Å². The second-order valence-corrected chi connectivity index (χ2v) is 6.84. The summed E-state index contributed by atoms with van der Waals surface area (Å²) in [6.45, 7) is 3.59. The number of H-pyrrole nitrogens is 1. The minimum atomic E-state index is -0.649. The molecule has 0 spiro atoms. The number of rotatable bonds is 5. The summed E-state index contributed by atoms with van der Waals surface area (Å²) in [6, 6.07) is 11.1. The molecule has 31 heavy (non-hydrogen) atoms. The number of hydrogen-bond donors (Lipinski definition) is 2. The minimum absolute atomic E-state index is 0.0863. The van der Waals surface area contributed by atoms with Crippen molar-refractivity contribution >= 4 is 40.9 Å². The first-order valence-electron chi connectivity index (χ1n) is 9.21. The fourth-order valence-electron chi connectivity index (χ4n) is 3.25. The molecule has 2 aromatic carbocycles. The highest BCUT2D eigenvalue weighted by molar-refractivity contribution is 6.32. The molecule has 2 aromatic heterocycles. The van der Waals surface area contributed by atoms with E-state index in [0.29, 0.717) is 33.9 Å². The van der Waals surface area contributed by atoms with Crippen molar-refractivity contribution < 1.29 is 4.39 Å². The molecule has 0 atom stereocenters. The van der Waals surface area contributed by atoms with Crippen molar-refractivity contribution in [2.24, 2.45) is 9.98 Å². The molecule has 156 valence electrons. The van der Waals surface area contributed by atoms with Crippen LogP contribution in [0.1, 0.15) is 11.5 Å². The number of amidine groups is 1. The van der Waals surface area contributed by atoms with Gasteiger partial charge in [0, 0.05) is 7.05 Å². The first-order chi connectivity index (χ1) is 15.0. The molecule has 2 heterocycles. The summed E-state index contributed by atoms with van der Waals surface area (Å²) >= 11 is 6.35. The minimum Gasteiger partial charge on any atom is -0.361 e. The van der Waals surface area contributed by atoms with Crippen LogP contribution in [0.5, 0.6) is 0 Å². The van der Waals surface area contributed by atoms with Gasteiger partial charge in [-0.25, -0.2) is 19.4 Å². The van der Waals surface area contributed by atoms with Gasteiger partial charge in [0.15, 0.2) is 11.7 Å². The molecule has 2 N–H and O–H groups in total. The Morgan fingerprint density at radius 1 is 1.29 bits per heavy atom. The lowest BCUT2D eigenvalue weighted by atomic mass is 10.2. The predicted octanol–water partition coefficient (Wildman–Crippen LogP) is 3.40. The molecule has 0 unspecified atom stereocenters. The molecule has 4 rings (SSSR count). The van der Waals surface area contributed by atoms with E-state index in [1.165, 1.54) is 23.0 Å². The van der Waals surface area contributed by atoms with Crippen molar-refractivity contribution in [2.45, 2.75) is 6.54 Å². The van der Waals surface area contributed by atoms with E-state index < -0.39 is 11.4 Å². The maximum atomic E-state index is 14.5. The lowest BCUT2D eigenvalue weighted by Crippen LogP contribution is -2.31. The summed E-state index contributed by atoms with van der Waals surface area (Å²) in [5.74, 6) is 0.540. The Morgan fingerprint density at radius 3 is 2.84 bits per heavy atom. The second-order valence-electron chi connectivity index (χ2n) is 6.44. The molecule has 0 bridgehead atoms. The Balaban J connectivity index is 1.85. The summed E-state index contributed by atoms with van der Waals surface area (Å²) in [6.07, 6.45) is 1.48. The first kappa shape index (κ1) is 20.4. The maximum Gasteiger partial charge on any atom is 0.269 e. The number of benzene rings is 2. The zero-order valence-corrected chi connectivity index (χ0v) is 17.2. The van der Waals surface area contributed by atoms with Gasteiger partial charge in [-0.3, -0.25) is 14.4 Å². The lowest BCUT2D eigenvalue weighted by molar-refractivity contribution is 0.636. The van der Waals surface area contributed by atoms with Crippen molar-refractivity contribution in [3.8, 4) is 5.69 Å². The van der Waals surface area contributed by atoms with Crippen LogP contribution in [0.4, 0.5) is 10.2 Å². The molecule has 0 radical (unpaired) electrons. The van der Waals surface area contributed by atoms with Gasteiger partial charge in [-0.1, -0.05) is 29.8 Å². The van der Waals surface area contributed by atoms with E-state index >= 15 is 0 Å². The molecule has 0 aliphatic carbocycles. The summed E-state index contributed by atoms with van der Waals surface area (Å²) in [4.78, 5) is 33.0. The standard InChI is InChI=1S/C21H17ClFN7O/c1-24-19(18-20(25-2)28-11-27-18)26-10-16-29-14-8-5-7-13(23)17(14)21(31)30(16)15-9-4-3-6-12(15)22/h3-9,11H,2,10H2,1H3,(H,24,26)(H,27,28). The molecule has 0 aliphatic rings. The highest BCUT2D eigenvalue weighted by atomic mass is 35.5. The van der Waals surface area contributed by atoms with Crippen molar-refractivity contribution in [1.29, 1.82) is 0 Å². The van der Waals surface area contributed by atoms with Gasteiger partial charge in [0.2, 0.25) is 0 Å². The summed E-state index contributed by atoms with van der Waals surface area (Å²) in [5.41, 5.74) is 0.548. The second kappa shape index (κ2) is 8.49. The van der Waals surface area contributed by atoms with E-state index in [2.05, 4.69) is 37.0 Å². The van der Waals surface area contributed by atoms with Crippen molar-refractivity contribution in [2.75, 3.05) is 7.05 Å². The van der Waals surface area contributed by atoms with Crippen LogP contribution < -0.4 is 10.9 Å². The Labute approximate surface area is 181 Å². The fourth-order valence-corrected chi connectivity index (χ4v) is 3.47. The molecule has 0 aliphatic heterocycles. The first-order valence-corrected chi connectivity index (χ1v) is 9.59. The SMILES string of the molecule is C=Nc1[nH]cnc1/C(=N\C)NCc1nc2cccc(F)c2c(=O)n1-c1ccccc1Cl. The van der Waals surface area contributed by atoms with Gasteiger partial charge in [-0.05, 0) is 31.0 Å². The average molecular weight is 438 g/mol. The van der Waals surface area contributed by atoms with Crippen LogP contribution in [0.15, 0.2) is 63.6 Å². The quantitative estimate of drug-likeness (QED) is 0.369. The van der Waals surface area contributed by atoms with E-state index in [1.54, 1.807) is 37.4 Å². The van der Waals surface area contributed by atoms with Crippen LogP contribution in [-0.4, -0.2) is 39.1 Å². The number of nitrogens with one attached hydrogen (secondary N) is 2. The van der Waals surface area contributed by atoms with E-state index in [-0.39, 0.29) is 17.4 Å². The zero-order valence-electron chi connectivity index (χ0n) is 16.4. The van der Waals surface area contributed by atoms with Gasteiger partial charge < -0.3 is 10.3 Å². The monoisotopic (exact) mass is 437 g/mol. The molecule has 10 heteroatoms. The molecule has 0 fully saturated rings. The third-order valence-electron chi connectivity index (χ3n) is 4.65. The van der Waals surface area contributed by atoms with Crippen LogP contribution in [0.2, 0.25) is 5.02 Å². The highest BCUT2D eigenvalue weighted by Gasteiger charge is 2.18. The summed E-state index contributed by atoms with van der Waals surface area (Å²) in [5, 5.41) is 3.34. The average Bonchev–Trinajstić information content (AvgIpc) is 3.24. The van der Waals surface area contributed by atoms with Crippen molar-refractivity contribution in [3.63, 3.8) is 0 Å². The number of halogens is 2. The fraction of sp³-hybridized carbons (Fsp3) is 0.0952. The third kappa shape index (κ3) is 3.71. The number of imidazole rings is 1. The number of fused-ring (bicyclic) bond motifs is 1. The Bertz CT molecular complexity index is 1380. The molecular weight excluding hydrogens is 421 g/mol. The normalized spacial score (nSPS) is 11.6. The Kier molecular flexibility index (Phi) is 5.59. The van der Waals surface area contributed by atoms with Gasteiger partial charge in [-0.15, -0.1) is 0 Å². The smallest absolute Gasteiger partial charge is 0.269 e. The van der Waals surface area contributed by atoms with Crippen LogP contribution in [0, 0.1) is 5.82 Å². The van der Waals surface area contributed by atoms with E-state index in [0.717, 1.165) is 0 Å². The van der Waals surface area contributed by atoms with Crippen LogP contribution in [0.25, 0.3) is 16.6 Å². The third-order valence-corrected chi connectivity index (χ3v) is 4.97. The highest BCUT2D eigenvalue weighted by Crippen LogP contribution is 2.22. The van der Waals surface area contributed by atoms with Crippen LogP contribution in [0.3, 0.4) is 0 Å². The summed E-state index contributed by atoms with van der Waals surface area (Å²) < 4.78 is 15.8. The summed E-state index contributed by atoms with van der Waals surface area (Å²) in [7, 11) is 1.59. The van der Waals surface area contributed by atoms with Gasteiger partial charge in [-0.2, -0.15) is 0 Å². The number of aliphatic imine (C=N–C) groups is 2. The molecule has 0 saturated heterocycles. The van der Waals surface area contributed by atoms with Gasteiger partial charge in [0.05, 0.1) is 29.1 Å². The molecular formula is C21H17ClFN7O. The predicted molar refractivity (Wildman–Crippen MR) is 119 cm³/mol. The van der Waals surface area contributed by atoms with Crippen molar-refractivity contribution in [3.05, 3.63) is 81.5 Å². The maximum absolute atomic E-state index is 14.5. The topological polar surface area (TPSA) is 100 Å². The van der Waals surface area contributed by atoms with E-state index in [9.17, 15) is 9.18 Å².